The van der Waals surface area contributed by atoms with E-state index in [1.54, 1.807) is 0 Å². The Labute approximate surface area is 138 Å². The summed E-state index contributed by atoms with van der Waals surface area (Å²) in [6, 6.07) is 0. The second-order valence-electron chi connectivity index (χ2n) is 4.91. The van der Waals surface area contributed by atoms with Crippen molar-refractivity contribution in [3.8, 4) is 0 Å². The van der Waals surface area contributed by atoms with Crippen LogP contribution in [0.3, 0.4) is 0 Å². The molecule has 1 rings (SSSR count). The normalized spacial score (nSPS) is 29.2. The van der Waals surface area contributed by atoms with E-state index in [1.165, 1.54) is 0 Å². The summed E-state index contributed by atoms with van der Waals surface area (Å²) in [6.07, 6.45) is -7.88. The summed E-state index contributed by atoms with van der Waals surface area (Å²) in [5, 5.41) is 0. The van der Waals surface area contributed by atoms with Gasteiger partial charge in [0.2, 0.25) is 0 Å². The second-order valence-corrected chi connectivity index (χ2v) is 5.49. The predicted molar refractivity (Wildman–Crippen MR) is 48.5 cm³/mol. The van der Waals surface area contributed by atoms with Crippen LogP contribution in [-0.4, -0.2) is 56.1 Å². The molecule has 3 nitrogen and oxygen atoms in total. The molecule has 0 aliphatic heterocycles. The van der Waals surface area contributed by atoms with E-state index in [0.717, 1.165) is 0 Å². The Balaban J connectivity index is 4.26. The molecular formula is C8F15O3S-. The minimum atomic E-state index is -8.23. The van der Waals surface area contributed by atoms with Gasteiger partial charge in [-0.15, -0.1) is 0 Å². The highest BCUT2D eigenvalue weighted by molar-refractivity contribution is 7.74. The van der Waals surface area contributed by atoms with Gasteiger partial charge in [0.15, 0.2) is 0 Å². The van der Waals surface area contributed by atoms with E-state index in [-0.39, 0.29) is 0 Å². The van der Waals surface area contributed by atoms with E-state index >= 15 is 0 Å². The van der Waals surface area contributed by atoms with Crippen molar-refractivity contribution in [1.82, 2.24) is 0 Å². The lowest BCUT2D eigenvalue weighted by Gasteiger charge is -2.56. The lowest BCUT2D eigenvalue weighted by Crippen LogP contribution is -2.90. The lowest BCUT2D eigenvalue weighted by atomic mass is 9.67. The Hall–Kier alpha value is -0.980. The summed E-state index contributed by atoms with van der Waals surface area (Å²) in [5.41, 5.74) is -8.02. The summed E-state index contributed by atoms with van der Waals surface area (Å²) in [7, 11) is 0. The molecule has 1 aliphatic rings. The minimum Gasteiger partial charge on any atom is -0.750 e. The van der Waals surface area contributed by atoms with Crippen molar-refractivity contribution in [3.63, 3.8) is 0 Å². The Morgan fingerprint density at radius 2 is 0.889 bits per heavy atom. The fourth-order valence-corrected chi connectivity index (χ4v) is 2.60. The maximum atomic E-state index is 13.6. The van der Waals surface area contributed by atoms with Crippen LogP contribution in [-0.2, 0) is 15.5 Å². The third-order valence-electron chi connectivity index (χ3n) is 3.45. The van der Waals surface area contributed by atoms with Crippen LogP contribution in [0.1, 0.15) is 0 Å². The van der Waals surface area contributed by atoms with E-state index in [9.17, 15) is 74.6 Å². The fourth-order valence-electron chi connectivity index (χ4n) is 2.08. The molecule has 1 aliphatic carbocycles. The van der Waals surface area contributed by atoms with Crippen molar-refractivity contribution < 1.29 is 78.8 Å². The highest BCUT2D eigenvalue weighted by Gasteiger charge is 3.07. The average molecular weight is 461 g/mol. The summed E-state index contributed by atoms with van der Waals surface area (Å²) in [6.45, 7) is 0. The zero-order valence-electron chi connectivity index (χ0n) is 11.3. The van der Waals surface area contributed by atoms with Crippen LogP contribution in [0.15, 0.2) is 0 Å². The molecule has 1 unspecified atom stereocenters. The largest absolute Gasteiger partial charge is 0.750 e. The first kappa shape index (κ1) is 24.1. The van der Waals surface area contributed by atoms with E-state index in [0.29, 0.717) is 0 Å². The van der Waals surface area contributed by atoms with Crippen molar-refractivity contribution in [2.45, 2.75) is 47.3 Å². The molecule has 0 spiro atoms. The molecule has 1 atom stereocenters. The van der Waals surface area contributed by atoms with Gasteiger partial charge in [-0.05, 0) is 0 Å². The molecule has 162 valence electrons. The second kappa shape index (κ2) is 5.55. The Kier molecular flexibility index (Phi) is 4.94. The summed E-state index contributed by atoms with van der Waals surface area (Å²) in [4.78, 5) is 0. The van der Waals surface area contributed by atoms with Gasteiger partial charge in [0, 0.05) is 0 Å². The molecule has 0 heterocycles. The topological polar surface area (TPSA) is 49.4 Å². The maximum absolute atomic E-state index is 13.6. The van der Waals surface area contributed by atoms with Gasteiger partial charge < -0.3 is 4.55 Å². The quantitative estimate of drug-likeness (QED) is 0.473. The first-order valence-corrected chi connectivity index (χ1v) is 6.54. The number of hydrogen-bond donors (Lipinski definition) is 0. The van der Waals surface area contributed by atoms with Crippen LogP contribution in [0.4, 0.5) is 65.9 Å². The molecule has 1 fully saturated rings. The van der Waals surface area contributed by atoms with Crippen molar-refractivity contribution >= 4 is 11.4 Å². The van der Waals surface area contributed by atoms with Crippen LogP contribution < -0.4 is 0 Å². The lowest BCUT2D eigenvalue weighted by molar-refractivity contribution is -0.528. The number of hydrogen-bond acceptors (Lipinski definition) is 3. The SMILES string of the molecule is O=S([O-])OC1(C(F)(F)C(F)(F)F)C(F)(F)C(F)(F)C(F)(F)C(F)(F)C1(F)F. The molecule has 1 saturated carbocycles. The highest BCUT2D eigenvalue weighted by Crippen LogP contribution is 2.73. The zero-order valence-corrected chi connectivity index (χ0v) is 12.1. The Bertz CT molecular complexity index is 607. The van der Waals surface area contributed by atoms with Crippen LogP contribution in [0.2, 0.25) is 0 Å². The molecule has 27 heavy (non-hydrogen) atoms. The third-order valence-corrected chi connectivity index (χ3v) is 3.84. The van der Waals surface area contributed by atoms with E-state index in [2.05, 4.69) is 0 Å². The van der Waals surface area contributed by atoms with Crippen LogP contribution in [0, 0.1) is 0 Å². The molecule has 0 aromatic carbocycles. The van der Waals surface area contributed by atoms with Gasteiger partial charge in [-0.1, -0.05) is 0 Å². The monoisotopic (exact) mass is 461 g/mol. The summed E-state index contributed by atoms with van der Waals surface area (Å²) in [5.74, 6) is -48.7. The molecule has 0 radical (unpaired) electrons. The van der Waals surface area contributed by atoms with Gasteiger partial charge >= 0.3 is 41.7 Å². The van der Waals surface area contributed by atoms with Gasteiger partial charge in [0.1, 0.15) is 0 Å². The van der Waals surface area contributed by atoms with Gasteiger partial charge in [-0.25, -0.2) is 4.21 Å². The van der Waals surface area contributed by atoms with Gasteiger partial charge in [0.05, 0.1) is 11.4 Å². The van der Waals surface area contributed by atoms with E-state index in [1.807, 2.05) is 4.18 Å². The first-order valence-electron chi connectivity index (χ1n) is 5.54. The standard InChI is InChI=1S/C8HF15O3S/c9-2(10)1(26-27(24)25,4(13,14)8(21,22)23)3(11,12)6(17,18)7(19,20)5(2,15)16/h(H,24,25)/p-1. The molecular weight excluding hydrogens is 461 g/mol. The van der Waals surface area contributed by atoms with E-state index in [4.69, 9.17) is 0 Å². The molecule has 0 aromatic rings. The Morgan fingerprint density at radius 1 is 0.630 bits per heavy atom. The predicted octanol–water partition coefficient (Wildman–Crippen LogP) is 3.92. The van der Waals surface area contributed by atoms with Crippen LogP contribution in [0.25, 0.3) is 0 Å². The Morgan fingerprint density at radius 3 is 1.11 bits per heavy atom. The van der Waals surface area contributed by atoms with Gasteiger partial charge in [-0.3, -0.25) is 4.18 Å². The van der Waals surface area contributed by atoms with E-state index < -0.39 is 58.7 Å². The first-order chi connectivity index (χ1) is 11.4. The van der Waals surface area contributed by atoms with Crippen molar-refractivity contribution in [2.75, 3.05) is 0 Å². The smallest absolute Gasteiger partial charge is 0.457 e. The van der Waals surface area contributed by atoms with Crippen molar-refractivity contribution in [1.29, 1.82) is 0 Å². The number of rotatable bonds is 3. The number of halogens is 15. The maximum Gasteiger partial charge on any atom is 0.457 e. The summed E-state index contributed by atoms with van der Waals surface area (Å²) < 4.78 is 219. The molecule has 0 N–H and O–H groups in total. The fraction of sp³-hybridized carbons (Fsp3) is 1.00. The molecule has 19 heteroatoms. The minimum absolute atomic E-state index is 1.92. The molecule has 0 bridgehead atoms. The van der Waals surface area contributed by atoms with Crippen molar-refractivity contribution in [3.05, 3.63) is 0 Å². The van der Waals surface area contributed by atoms with Gasteiger partial charge in [0.25, 0.3) is 5.60 Å². The van der Waals surface area contributed by atoms with Gasteiger partial charge in [-0.2, -0.15) is 65.9 Å². The summed E-state index contributed by atoms with van der Waals surface area (Å²) >= 11 is -5.47. The molecule has 0 amide bonds. The van der Waals surface area contributed by atoms with Crippen LogP contribution >= 0.6 is 0 Å². The third kappa shape index (κ3) is 2.29. The van der Waals surface area contributed by atoms with Crippen LogP contribution in [0.5, 0.6) is 0 Å². The van der Waals surface area contributed by atoms with Crippen molar-refractivity contribution in [2.24, 2.45) is 0 Å². The molecule has 0 aromatic heterocycles. The molecule has 0 saturated heterocycles. The average Bonchev–Trinajstić information content (AvgIpc) is 2.40. The number of alkyl halides is 15. The highest BCUT2D eigenvalue weighted by atomic mass is 32.2. The zero-order chi connectivity index (χ0) is 22.3.